The minimum absolute atomic E-state index is 0.000361. The van der Waals surface area contributed by atoms with Gasteiger partial charge >= 0.3 is 0 Å². The normalized spacial score (nSPS) is 10.9. The summed E-state index contributed by atoms with van der Waals surface area (Å²) in [5.41, 5.74) is 5.80. The largest absolute Gasteiger partial charge is 0.398 e. The van der Waals surface area contributed by atoms with Crippen LogP contribution in [0, 0.1) is 17.1 Å². The van der Waals surface area contributed by atoms with Crippen molar-refractivity contribution in [2.24, 2.45) is 0 Å². The lowest BCUT2D eigenvalue weighted by molar-refractivity contribution is 0.601. The highest BCUT2D eigenvalue weighted by atomic mass is 79.9. The maximum atomic E-state index is 13.0. The van der Waals surface area contributed by atoms with Crippen molar-refractivity contribution in [1.82, 2.24) is 0 Å². The molecular weight excluding hydrogens is 361 g/mol. The summed E-state index contributed by atoms with van der Waals surface area (Å²) >= 11 is 3.17. The Hall–Kier alpha value is -2.11. The van der Waals surface area contributed by atoms with Gasteiger partial charge in [-0.1, -0.05) is 0 Å². The number of nitriles is 1. The molecule has 2 aromatic rings. The smallest absolute Gasteiger partial charge is 0.262 e. The lowest BCUT2D eigenvalue weighted by Gasteiger charge is -2.10. The fourth-order valence-corrected chi connectivity index (χ4v) is 2.95. The van der Waals surface area contributed by atoms with Gasteiger partial charge in [0.15, 0.2) is 0 Å². The molecule has 0 aliphatic heterocycles. The highest BCUT2D eigenvalue weighted by Gasteiger charge is 2.17. The van der Waals surface area contributed by atoms with Gasteiger partial charge in [0.25, 0.3) is 10.0 Å². The van der Waals surface area contributed by atoms with Crippen molar-refractivity contribution in [1.29, 1.82) is 5.26 Å². The molecule has 0 spiro atoms. The van der Waals surface area contributed by atoms with Crippen LogP contribution in [-0.2, 0) is 10.0 Å². The Morgan fingerprint density at radius 3 is 2.57 bits per heavy atom. The molecule has 0 bridgehead atoms. The Kier molecular flexibility index (Phi) is 4.16. The molecule has 2 aromatic carbocycles. The number of hydrogen-bond acceptors (Lipinski definition) is 4. The molecule has 21 heavy (non-hydrogen) atoms. The summed E-state index contributed by atoms with van der Waals surface area (Å²) < 4.78 is 40.3. The number of anilines is 2. The molecule has 0 aliphatic rings. The minimum Gasteiger partial charge on any atom is -0.398 e. The summed E-state index contributed by atoms with van der Waals surface area (Å²) in [5.74, 6) is -0.623. The fraction of sp³-hybridized carbons (Fsp3) is 0. The van der Waals surface area contributed by atoms with Gasteiger partial charge in [-0.25, -0.2) is 12.8 Å². The van der Waals surface area contributed by atoms with E-state index in [1.54, 1.807) is 6.07 Å². The monoisotopic (exact) mass is 369 g/mol. The first-order valence-corrected chi connectivity index (χ1v) is 7.88. The van der Waals surface area contributed by atoms with E-state index in [4.69, 9.17) is 11.0 Å². The van der Waals surface area contributed by atoms with Gasteiger partial charge in [-0.3, -0.25) is 4.72 Å². The van der Waals surface area contributed by atoms with Gasteiger partial charge in [0.05, 0.1) is 16.1 Å². The summed E-state index contributed by atoms with van der Waals surface area (Å²) in [4.78, 5) is -0.0589. The number of halogens is 2. The number of nitrogens with two attached hydrogens (primary N) is 1. The molecule has 0 saturated carbocycles. The molecule has 5 nitrogen and oxygen atoms in total. The second-order valence-electron chi connectivity index (χ2n) is 4.09. The Bertz CT molecular complexity index is 847. The molecule has 0 aromatic heterocycles. The summed E-state index contributed by atoms with van der Waals surface area (Å²) in [7, 11) is -3.92. The molecular formula is C13H9BrFN3O2S. The average Bonchev–Trinajstić information content (AvgIpc) is 2.43. The molecule has 0 saturated heterocycles. The van der Waals surface area contributed by atoms with Crippen molar-refractivity contribution in [3.63, 3.8) is 0 Å². The number of hydrogen-bond donors (Lipinski definition) is 2. The van der Waals surface area contributed by atoms with Crippen molar-refractivity contribution >= 4 is 37.3 Å². The lowest BCUT2D eigenvalue weighted by Crippen LogP contribution is -2.14. The van der Waals surface area contributed by atoms with Crippen LogP contribution in [0.3, 0.4) is 0 Å². The van der Waals surface area contributed by atoms with E-state index in [0.29, 0.717) is 4.47 Å². The quantitative estimate of drug-likeness (QED) is 0.812. The van der Waals surface area contributed by atoms with E-state index in [1.807, 2.05) is 0 Å². The van der Waals surface area contributed by atoms with Crippen LogP contribution in [0.5, 0.6) is 0 Å². The van der Waals surface area contributed by atoms with E-state index in [1.165, 1.54) is 24.3 Å². The lowest BCUT2D eigenvalue weighted by atomic mass is 10.2. The Morgan fingerprint density at radius 2 is 1.95 bits per heavy atom. The number of rotatable bonds is 3. The third-order valence-electron chi connectivity index (χ3n) is 2.62. The number of sulfonamides is 1. The van der Waals surface area contributed by atoms with Gasteiger partial charge < -0.3 is 5.73 Å². The zero-order chi connectivity index (χ0) is 15.6. The van der Waals surface area contributed by atoms with Crippen LogP contribution < -0.4 is 10.5 Å². The van der Waals surface area contributed by atoms with Crippen LogP contribution in [0.2, 0.25) is 0 Å². The summed E-state index contributed by atoms with van der Waals surface area (Å²) in [5, 5.41) is 8.91. The van der Waals surface area contributed by atoms with E-state index in [-0.39, 0.29) is 21.8 Å². The number of benzene rings is 2. The number of nitrogen functional groups attached to an aromatic ring is 1. The first-order valence-electron chi connectivity index (χ1n) is 5.61. The van der Waals surface area contributed by atoms with Crippen molar-refractivity contribution in [3.05, 3.63) is 52.3 Å². The van der Waals surface area contributed by atoms with Crippen molar-refractivity contribution in [3.8, 4) is 6.07 Å². The Labute approximate surface area is 129 Å². The van der Waals surface area contributed by atoms with Gasteiger partial charge in [0.2, 0.25) is 0 Å². The highest BCUT2D eigenvalue weighted by molar-refractivity contribution is 9.10. The van der Waals surface area contributed by atoms with Crippen molar-refractivity contribution in [2.75, 3.05) is 10.5 Å². The first kappa shape index (κ1) is 15.3. The molecule has 0 atom stereocenters. The Balaban J connectivity index is 2.42. The molecule has 0 aliphatic carbocycles. The number of nitrogens with one attached hydrogen (secondary N) is 1. The van der Waals surface area contributed by atoms with Crippen LogP contribution in [0.4, 0.5) is 15.8 Å². The van der Waals surface area contributed by atoms with E-state index >= 15 is 0 Å². The van der Waals surface area contributed by atoms with Gasteiger partial charge in [0.1, 0.15) is 11.9 Å². The molecule has 8 heteroatoms. The van der Waals surface area contributed by atoms with Crippen LogP contribution >= 0.6 is 15.9 Å². The van der Waals surface area contributed by atoms with Crippen LogP contribution in [0.15, 0.2) is 45.8 Å². The van der Waals surface area contributed by atoms with Gasteiger partial charge in [-0.05, 0) is 52.3 Å². The third-order valence-corrected chi connectivity index (χ3v) is 4.71. The van der Waals surface area contributed by atoms with E-state index in [2.05, 4.69) is 20.7 Å². The molecule has 0 unspecified atom stereocenters. The van der Waals surface area contributed by atoms with Crippen molar-refractivity contribution < 1.29 is 12.8 Å². The maximum Gasteiger partial charge on any atom is 0.262 e. The number of nitrogens with zero attached hydrogens (tertiary/aromatic N) is 1. The van der Waals surface area contributed by atoms with E-state index < -0.39 is 15.8 Å². The van der Waals surface area contributed by atoms with E-state index in [0.717, 1.165) is 12.1 Å². The van der Waals surface area contributed by atoms with Gasteiger partial charge in [0, 0.05) is 10.2 Å². The first-order chi connectivity index (χ1) is 9.83. The predicted molar refractivity (Wildman–Crippen MR) is 80.5 cm³/mol. The standard InChI is InChI=1S/C13H9BrFN3O2S/c14-11-3-2-10(6-12(11)17)21(19,20)18-13-4-1-9(15)5-8(13)7-16/h1-6,18H,17H2. The van der Waals surface area contributed by atoms with Gasteiger partial charge in [-0.15, -0.1) is 0 Å². The minimum atomic E-state index is -3.92. The average molecular weight is 370 g/mol. The summed E-state index contributed by atoms with van der Waals surface area (Å²) in [6.45, 7) is 0. The summed E-state index contributed by atoms with van der Waals surface area (Å²) in [6.07, 6.45) is 0. The molecule has 0 amide bonds. The molecule has 2 rings (SSSR count). The zero-order valence-corrected chi connectivity index (χ0v) is 12.9. The van der Waals surface area contributed by atoms with Crippen LogP contribution in [0.1, 0.15) is 5.56 Å². The third kappa shape index (κ3) is 3.32. The van der Waals surface area contributed by atoms with Crippen molar-refractivity contribution in [2.45, 2.75) is 4.90 Å². The SMILES string of the molecule is N#Cc1cc(F)ccc1NS(=O)(=O)c1ccc(Br)c(N)c1. The molecule has 3 N–H and O–H groups in total. The molecule has 0 radical (unpaired) electrons. The van der Waals surface area contributed by atoms with E-state index in [9.17, 15) is 12.8 Å². The van der Waals surface area contributed by atoms with Crippen LogP contribution in [-0.4, -0.2) is 8.42 Å². The summed E-state index contributed by atoms with van der Waals surface area (Å²) in [6, 6.07) is 9.08. The molecule has 0 heterocycles. The molecule has 108 valence electrons. The van der Waals surface area contributed by atoms with Crippen LogP contribution in [0.25, 0.3) is 0 Å². The van der Waals surface area contributed by atoms with Gasteiger partial charge in [-0.2, -0.15) is 5.26 Å². The fourth-order valence-electron chi connectivity index (χ4n) is 1.59. The molecule has 0 fully saturated rings. The highest BCUT2D eigenvalue weighted by Crippen LogP contribution is 2.25. The second kappa shape index (κ2) is 5.71. The topological polar surface area (TPSA) is 96.0 Å². The zero-order valence-electron chi connectivity index (χ0n) is 10.5. The Morgan fingerprint density at radius 1 is 1.24 bits per heavy atom. The predicted octanol–water partition coefficient (Wildman–Crippen LogP) is 2.84. The second-order valence-corrected chi connectivity index (χ2v) is 6.63. The maximum absolute atomic E-state index is 13.0.